The zero-order valence-electron chi connectivity index (χ0n) is 14.7. The first kappa shape index (κ1) is 15.8. The van der Waals surface area contributed by atoms with Crippen molar-refractivity contribution in [1.29, 1.82) is 0 Å². The molecule has 4 rings (SSSR count). The molecule has 0 atom stereocenters. The normalized spacial score (nSPS) is 20.8. The quantitative estimate of drug-likeness (QED) is 0.862. The van der Waals surface area contributed by atoms with Crippen molar-refractivity contribution < 1.29 is 0 Å². The standard InChI is InChI=1S/C18H28N6/c1-2-16-12-17(18-20-19-14-24(18)21-16)23-10-6-15(7-11-23)13-22-8-4-3-5-9-22/h12,14-15H,2-11,13H2,1H3. The van der Waals surface area contributed by atoms with Crippen LogP contribution in [-0.2, 0) is 6.42 Å². The highest BCUT2D eigenvalue weighted by molar-refractivity contribution is 5.68. The van der Waals surface area contributed by atoms with Gasteiger partial charge < -0.3 is 9.80 Å². The van der Waals surface area contributed by atoms with Crippen LogP contribution in [0.2, 0.25) is 0 Å². The minimum atomic E-state index is 0.848. The van der Waals surface area contributed by atoms with Gasteiger partial charge >= 0.3 is 0 Å². The highest BCUT2D eigenvalue weighted by Gasteiger charge is 2.24. The molecular weight excluding hydrogens is 300 g/mol. The molecule has 0 spiro atoms. The molecule has 0 saturated carbocycles. The van der Waals surface area contributed by atoms with Crippen LogP contribution in [0.25, 0.3) is 5.65 Å². The molecule has 2 fully saturated rings. The Morgan fingerprint density at radius 3 is 2.62 bits per heavy atom. The fraction of sp³-hybridized carbons (Fsp3) is 0.722. The van der Waals surface area contributed by atoms with E-state index in [-0.39, 0.29) is 0 Å². The first-order chi connectivity index (χ1) is 11.8. The number of aromatic nitrogens is 4. The molecule has 0 N–H and O–H groups in total. The first-order valence-corrected chi connectivity index (χ1v) is 9.50. The summed E-state index contributed by atoms with van der Waals surface area (Å²) in [6.07, 6.45) is 9.40. The van der Waals surface area contributed by atoms with E-state index in [1.54, 1.807) is 6.33 Å². The lowest BCUT2D eigenvalue weighted by molar-refractivity contribution is 0.181. The third-order valence-corrected chi connectivity index (χ3v) is 5.58. The van der Waals surface area contributed by atoms with Crippen molar-refractivity contribution in [2.45, 2.75) is 45.4 Å². The maximum absolute atomic E-state index is 4.56. The highest BCUT2D eigenvalue weighted by atomic mass is 15.4. The highest BCUT2D eigenvalue weighted by Crippen LogP contribution is 2.27. The zero-order chi connectivity index (χ0) is 16.4. The second-order valence-corrected chi connectivity index (χ2v) is 7.27. The third-order valence-electron chi connectivity index (χ3n) is 5.58. The molecule has 0 unspecified atom stereocenters. The Labute approximate surface area is 143 Å². The Morgan fingerprint density at radius 1 is 1.08 bits per heavy atom. The predicted molar refractivity (Wildman–Crippen MR) is 95.4 cm³/mol. The molecule has 6 heteroatoms. The lowest BCUT2D eigenvalue weighted by atomic mass is 9.95. The van der Waals surface area contributed by atoms with Crippen molar-refractivity contribution in [3.8, 4) is 0 Å². The van der Waals surface area contributed by atoms with Gasteiger partial charge in [0.15, 0.2) is 0 Å². The summed E-state index contributed by atoms with van der Waals surface area (Å²) in [5.41, 5.74) is 3.20. The zero-order valence-corrected chi connectivity index (χ0v) is 14.7. The first-order valence-electron chi connectivity index (χ1n) is 9.50. The number of aryl methyl sites for hydroxylation is 1. The van der Waals surface area contributed by atoms with Crippen LogP contribution in [0.4, 0.5) is 5.69 Å². The molecule has 0 aromatic carbocycles. The van der Waals surface area contributed by atoms with Gasteiger partial charge in [0.2, 0.25) is 5.65 Å². The molecule has 2 aliphatic rings. The largest absolute Gasteiger partial charge is 0.368 e. The number of anilines is 1. The molecule has 0 radical (unpaired) electrons. The maximum atomic E-state index is 4.56. The van der Waals surface area contributed by atoms with Crippen molar-refractivity contribution >= 4 is 11.3 Å². The molecule has 0 amide bonds. The van der Waals surface area contributed by atoms with E-state index in [9.17, 15) is 0 Å². The average Bonchev–Trinajstić information content (AvgIpc) is 3.11. The minimum Gasteiger partial charge on any atom is -0.368 e. The van der Waals surface area contributed by atoms with E-state index in [1.165, 1.54) is 57.4 Å². The Hall–Kier alpha value is -1.69. The Balaban J connectivity index is 1.43. The topological polar surface area (TPSA) is 49.6 Å². The summed E-state index contributed by atoms with van der Waals surface area (Å²) >= 11 is 0. The van der Waals surface area contributed by atoms with E-state index >= 15 is 0 Å². The van der Waals surface area contributed by atoms with Gasteiger partial charge in [0.1, 0.15) is 6.33 Å². The summed E-state index contributed by atoms with van der Waals surface area (Å²) in [6, 6.07) is 2.20. The molecule has 2 saturated heterocycles. The third kappa shape index (κ3) is 3.24. The number of piperidine rings is 2. The van der Waals surface area contributed by atoms with E-state index in [1.807, 2.05) is 4.52 Å². The summed E-state index contributed by atoms with van der Waals surface area (Å²) in [7, 11) is 0. The molecule has 2 aliphatic heterocycles. The van der Waals surface area contributed by atoms with Crippen LogP contribution < -0.4 is 4.90 Å². The van der Waals surface area contributed by atoms with Crippen LogP contribution in [-0.4, -0.2) is 57.4 Å². The fourth-order valence-corrected chi connectivity index (χ4v) is 4.13. The molecule has 2 aromatic rings. The minimum absolute atomic E-state index is 0.848. The lowest BCUT2D eigenvalue weighted by Crippen LogP contribution is -2.40. The SMILES string of the molecule is CCc1cc(N2CCC(CN3CCCCC3)CC2)c2nncn2n1. The molecule has 24 heavy (non-hydrogen) atoms. The second kappa shape index (κ2) is 7.05. The van der Waals surface area contributed by atoms with Gasteiger partial charge in [0.05, 0.1) is 11.4 Å². The van der Waals surface area contributed by atoms with Crippen LogP contribution in [0.15, 0.2) is 12.4 Å². The summed E-state index contributed by atoms with van der Waals surface area (Å²) in [5.74, 6) is 0.848. The molecular formula is C18H28N6. The Kier molecular flexibility index (Phi) is 4.65. The number of rotatable bonds is 4. The van der Waals surface area contributed by atoms with Crippen LogP contribution in [0.1, 0.15) is 44.7 Å². The van der Waals surface area contributed by atoms with E-state index in [4.69, 9.17) is 0 Å². The molecule has 4 heterocycles. The van der Waals surface area contributed by atoms with E-state index in [0.717, 1.165) is 36.8 Å². The van der Waals surface area contributed by atoms with Crippen LogP contribution in [0.3, 0.4) is 0 Å². The van der Waals surface area contributed by atoms with E-state index in [2.05, 4.69) is 38.1 Å². The van der Waals surface area contributed by atoms with Gasteiger partial charge in [-0.05, 0) is 57.2 Å². The summed E-state index contributed by atoms with van der Waals surface area (Å²) in [6.45, 7) is 8.30. The second-order valence-electron chi connectivity index (χ2n) is 7.27. The van der Waals surface area contributed by atoms with E-state index in [0.29, 0.717) is 0 Å². The molecule has 130 valence electrons. The smallest absolute Gasteiger partial charge is 0.200 e. The molecule has 0 aliphatic carbocycles. The Morgan fingerprint density at radius 2 is 1.88 bits per heavy atom. The number of hydrogen-bond acceptors (Lipinski definition) is 5. The van der Waals surface area contributed by atoms with Gasteiger partial charge in [-0.2, -0.15) is 9.61 Å². The molecule has 6 nitrogen and oxygen atoms in total. The van der Waals surface area contributed by atoms with Gasteiger partial charge in [-0.3, -0.25) is 0 Å². The van der Waals surface area contributed by atoms with Gasteiger partial charge in [0.25, 0.3) is 0 Å². The van der Waals surface area contributed by atoms with Gasteiger partial charge in [0, 0.05) is 19.6 Å². The van der Waals surface area contributed by atoms with Crippen molar-refractivity contribution in [3.05, 3.63) is 18.1 Å². The average molecular weight is 328 g/mol. The summed E-state index contributed by atoms with van der Waals surface area (Å²) in [5, 5.41) is 12.9. The van der Waals surface area contributed by atoms with Crippen molar-refractivity contribution in [3.63, 3.8) is 0 Å². The number of nitrogens with zero attached hydrogens (tertiary/aromatic N) is 6. The van der Waals surface area contributed by atoms with E-state index < -0.39 is 0 Å². The van der Waals surface area contributed by atoms with Crippen molar-refractivity contribution in [1.82, 2.24) is 24.7 Å². The van der Waals surface area contributed by atoms with Gasteiger partial charge in [-0.15, -0.1) is 10.2 Å². The number of hydrogen-bond donors (Lipinski definition) is 0. The monoisotopic (exact) mass is 328 g/mol. The van der Waals surface area contributed by atoms with Crippen LogP contribution in [0.5, 0.6) is 0 Å². The van der Waals surface area contributed by atoms with Gasteiger partial charge in [-0.25, -0.2) is 0 Å². The van der Waals surface area contributed by atoms with Crippen molar-refractivity contribution in [2.75, 3.05) is 37.6 Å². The number of fused-ring (bicyclic) bond motifs is 1. The van der Waals surface area contributed by atoms with Crippen LogP contribution in [0, 0.1) is 5.92 Å². The summed E-state index contributed by atoms with van der Waals surface area (Å²) in [4.78, 5) is 5.17. The number of likely N-dealkylation sites (tertiary alicyclic amines) is 1. The molecule has 2 aromatic heterocycles. The Bertz CT molecular complexity index is 667. The van der Waals surface area contributed by atoms with Crippen LogP contribution >= 0.6 is 0 Å². The van der Waals surface area contributed by atoms with Crippen molar-refractivity contribution in [2.24, 2.45) is 5.92 Å². The maximum Gasteiger partial charge on any atom is 0.200 e. The lowest BCUT2D eigenvalue weighted by Gasteiger charge is -2.37. The predicted octanol–water partition coefficient (Wildman–Crippen LogP) is 2.39. The summed E-state index contributed by atoms with van der Waals surface area (Å²) < 4.78 is 1.83. The molecule has 0 bridgehead atoms. The van der Waals surface area contributed by atoms with Gasteiger partial charge in [-0.1, -0.05) is 13.3 Å². The fourth-order valence-electron chi connectivity index (χ4n) is 4.13.